The number of carbonyl (C=O) groups is 1. The number of rotatable bonds is 6. The molecule has 0 bridgehead atoms. The Morgan fingerprint density at radius 3 is 2.69 bits per heavy atom. The predicted molar refractivity (Wildman–Crippen MR) is 104 cm³/mol. The Balaban J connectivity index is 1.77. The summed E-state index contributed by atoms with van der Waals surface area (Å²) in [6.45, 7) is 1.99. The van der Waals surface area contributed by atoms with Crippen molar-refractivity contribution in [2.45, 2.75) is 29.9 Å². The summed E-state index contributed by atoms with van der Waals surface area (Å²) >= 11 is 7.25. The predicted octanol–water partition coefficient (Wildman–Crippen LogP) is 5.16. The third-order valence-corrected chi connectivity index (χ3v) is 5.53. The highest BCUT2D eigenvalue weighted by Gasteiger charge is 2.33. The molecule has 10 heteroatoms. The van der Waals surface area contributed by atoms with E-state index in [0.717, 1.165) is 16.8 Å². The molecule has 0 saturated carbocycles. The van der Waals surface area contributed by atoms with E-state index in [0.29, 0.717) is 11.6 Å². The van der Waals surface area contributed by atoms with Gasteiger partial charge in [0.25, 0.3) is 0 Å². The van der Waals surface area contributed by atoms with Crippen LogP contribution in [0.1, 0.15) is 39.5 Å². The summed E-state index contributed by atoms with van der Waals surface area (Å²) in [4.78, 5) is 15.9. The molecule has 0 radical (unpaired) electrons. The Kier molecular flexibility index (Phi) is 6.28. The quantitative estimate of drug-likeness (QED) is 0.391. The lowest BCUT2D eigenvalue weighted by Gasteiger charge is -2.12. The fourth-order valence-corrected chi connectivity index (χ4v) is 3.74. The minimum absolute atomic E-state index is 0.0362. The molecule has 0 aliphatic heterocycles. The van der Waals surface area contributed by atoms with E-state index in [4.69, 9.17) is 11.6 Å². The van der Waals surface area contributed by atoms with E-state index in [2.05, 4.69) is 15.2 Å². The molecule has 3 aromatic rings. The van der Waals surface area contributed by atoms with E-state index < -0.39 is 17.7 Å². The molecular formula is C19H16ClF3N4OS. The summed E-state index contributed by atoms with van der Waals surface area (Å²) < 4.78 is 40.6. The zero-order chi connectivity index (χ0) is 21.2. The van der Waals surface area contributed by atoms with Crippen molar-refractivity contribution in [2.75, 3.05) is 0 Å². The number of thioether (sulfide) groups is 1. The lowest BCUT2D eigenvalue weighted by Crippen LogP contribution is -2.13. The number of alkyl halides is 3. The van der Waals surface area contributed by atoms with Crippen molar-refractivity contribution in [3.8, 4) is 0 Å². The van der Waals surface area contributed by atoms with Crippen molar-refractivity contribution in [2.24, 2.45) is 7.05 Å². The van der Waals surface area contributed by atoms with E-state index in [1.807, 2.05) is 26.1 Å². The number of carbonyl (C=O) groups excluding carboxylic acids is 1. The maximum absolute atomic E-state index is 12.9. The Morgan fingerprint density at radius 1 is 1.28 bits per heavy atom. The van der Waals surface area contributed by atoms with Gasteiger partial charge in [-0.1, -0.05) is 47.6 Å². The molecule has 152 valence electrons. The maximum Gasteiger partial charge on any atom is 0.433 e. The fraction of sp³-hybridized carbons (Fsp3) is 0.263. The standard InChI is InChI=1S/C19H16ClF3N4OS/c1-11(29-18-26-24-10-27(18)2)13-5-3-4-12(6-13)7-16(28)15-8-14(20)9-17(25-15)19(21,22)23/h3-6,8-11H,7H2,1-2H3/t11-/m0/s1. The van der Waals surface area contributed by atoms with Crippen molar-refractivity contribution in [1.82, 2.24) is 19.7 Å². The molecule has 2 aromatic heterocycles. The summed E-state index contributed by atoms with van der Waals surface area (Å²) in [5.74, 6) is -0.538. The molecule has 1 aromatic carbocycles. The second-order valence-electron chi connectivity index (χ2n) is 6.38. The van der Waals surface area contributed by atoms with E-state index >= 15 is 0 Å². The highest BCUT2D eigenvalue weighted by Crippen LogP contribution is 2.34. The third kappa shape index (κ3) is 5.36. The summed E-state index contributed by atoms with van der Waals surface area (Å²) in [5.41, 5.74) is 0.138. The van der Waals surface area contributed by atoms with Crippen LogP contribution in [0.25, 0.3) is 0 Å². The largest absolute Gasteiger partial charge is 0.433 e. The number of aryl methyl sites for hydroxylation is 1. The Bertz CT molecular complexity index is 1040. The first kappa shape index (κ1) is 21.3. The number of benzene rings is 1. The number of hydrogen-bond acceptors (Lipinski definition) is 5. The van der Waals surface area contributed by atoms with Gasteiger partial charge in [-0.2, -0.15) is 13.2 Å². The summed E-state index contributed by atoms with van der Waals surface area (Å²) in [6.07, 6.45) is -3.15. The van der Waals surface area contributed by atoms with Gasteiger partial charge in [-0.15, -0.1) is 10.2 Å². The monoisotopic (exact) mass is 440 g/mol. The van der Waals surface area contributed by atoms with Gasteiger partial charge in [0.2, 0.25) is 0 Å². The van der Waals surface area contributed by atoms with Crippen LogP contribution in [0.5, 0.6) is 0 Å². The zero-order valence-corrected chi connectivity index (χ0v) is 17.0. The van der Waals surface area contributed by atoms with Gasteiger partial charge in [0, 0.05) is 23.7 Å². The molecule has 0 aliphatic rings. The highest BCUT2D eigenvalue weighted by molar-refractivity contribution is 7.99. The van der Waals surface area contributed by atoms with Crippen LogP contribution in [0.3, 0.4) is 0 Å². The van der Waals surface area contributed by atoms with E-state index in [1.165, 1.54) is 11.8 Å². The van der Waals surface area contributed by atoms with E-state index in [9.17, 15) is 18.0 Å². The molecule has 0 spiro atoms. The number of nitrogens with zero attached hydrogens (tertiary/aromatic N) is 4. The smallest absolute Gasteiger partial charge is 0.312 e. The molecule has 0 amide bonds. The van der Waals surface area contributed by atoms with Crippen LogP contribution in [0.4, 0.5) is 13.2 Å². The van der Waals surface area contributed by atoms with Crippen LogP contribution < -0.4 is 0 Å². The number of aromatic nitrogens is 4. The van der Waals surface area contributed by atoms with Gasteiger partial charge < -0.3 is 4.57 Å². The molecule has 0 unspecified atom stereocenters. The summed E-state index contributed by atoms with van der Waals surface area (Å²) in [5, 5.41) is 8.48. The number of halogens is 4. The lowest BCUT2D eigenvalue weighted by molar-refractivity contribution is -0.141. The molecular weight excluding hydrogens is 425 g/mol. The molecule has 0 aliphatic carbocycles. The SMILES string of the molecule is C[C@H](Sc1nncn1C)c1cccc(CC(=O)c2cc(Cl)cc(C(F)(F)F)n2)c1. The van der Waals surface area contributed by atoms with Gasteiger partial charge in [0.05, 0.1) is 0 Å². The maximum atomic E-state index is 12.9. The zero-order valence-electron chi connectivity index (χ0n) is 15.4. The molecule has 0 saturated heterocycles. The number of pyridine rings is 1. The molecule has 29 heavy (non-hydrogen) atoms. The van der Waals surface area contributed by atoms with Crippen LogP contribution in [0, 0.1) is 0 Å². The number of Topliss-reactive ketones (excluding diaryl/α,β-unsaturated/α-hetero) is 1. The Labute approximate surface area is 174 Å². The van der Waals surface area contributed by atoms with Crippen LogP contribution >= 0.6 is 23.4 Å². The highest BCUT2D eigenvalue weighted by atomic mass is 35.5. The van der Waals surface area contributed by atoms with Gasteiger partial charge in [0.1, 0.15) is 17.7 Å². The van der Waals surface area contributed by atoms with Crippen LogP contribution in [0.15, 0.2) is 47.9 Å². The number of hydrogen-bond donors (Lipinski definition) is 0. The first-order chi connectivity index (χ1) is 13.6. The third-order valence-electron chi connectivity index (χ3n) is 4.10. The molecule has 0 fully saturated rings. The first-order valence-corrected chi connectivity index (χ1v) is 9.76. The minimum Gasteiger partial charge on any atom is -0.312 e. The van der Waals surface area contributed by atoms with Gasteiger partial charge in [-0.25, -0.2) is 4.98 Å². The topological polar surface area (TPSA) is 60.7 Å². The van der Waals surface area contributed by atoms with Crippen molar-refractivity contribution < 1.29 is 18.0 Å². The number of ketones is 1. The minimum atomic E-state index is -4.67. The van der Waals surface area contributed by atoms with Crippen molar-refractivity contribution in [1.29, 1.82) is 0 Å². The fourth-order valence-electron chi connectivity index (χ4n) is 2.62. The lowest BCUT2D eigenvalue weighted by atomic mass is 10.0. The van der Waals surface area contributed by atoms with Crippen LogP contribution in [-0.4, -0.2) is 25.5 Å². The van der Waals surface area contributed by atoms with Crippen molar-refractivity contribution in [3.63, 3.8) is 0 Å². The van der Waals surface area contributed by atoms with Crippen LogP contribution in [-0.2, 0) is 19.6 Å². The van der Waals surface area contributed by atoms with E-state index in [1.54, 1.807) is 23.0 Å². The molecule has 3 rings (SSSR count). The molecule has 1 atom stereocenters. The van der Waals surface area contributed by atoms with Gasteiger partial charge >= 0.3 is 6.18 Å². The summed E-state index contributed by atoms with van der Waals surface area (Å²) in [7, 11) is 1.84. The van der Waals surface area contributed by atoms with Gasteiger partial charge in [0.15, 0.2) is 10.9 Å². The second kappa shape index (κ2) is 8.54. The molecule has 0 N–H and O–H groups in total. The second-order valence-corrected chi connectivity index (χ2v) is 8.13. The van der Waals surface area contributed by atoms with Crippen molar-refractivity contribution in [3.05, 3.63) is 70.3 Å². The normalized spacial score (nSPS) is 12.8. The average Bonchev–Trinajstić information content (AvgIpc) is 3.05. The first-order valence-electron chi connectivity index (χ1n) is 8.51. The Morgan fingerprint density at radius 2 is 2.03 bits per heavy atom. The van der Waals surface area contributed by atoms with Crippen LogP contribution in [0.2, 0.25) is 5.02 Å². The average molecular weight is 441 g/mol. The van der Waals surface area contributed by atoms with Gasteiger partial charge in [-0.05, 0) is 30.2 Å². The van der Waals surface area contributed by atoms with Gasteiger partial charge in [-0.3, -0.25) is 4.79 Å². The van der Waals surface area contributed by atoms with Crippen molar-refractivity contribution >= 4 is 29.1 Å². The molecule has 2 heterocycles. The summed E-state index contributed by atoms with van der Waals surface area (Å²) in [6, 6.07) is 9.16. The molecule has 5 nitrogen and oxygen atoms in total. The van der Waals surface area contributed by atoms with E-state index in [-0.39, 0.29) is 22.4 Å². The Hall–Kier alpha value is -2.39.